The quantitative estimate of drug-likeness (QED) is 0.754. The molecule has 3 heterocycles. The maximum atomic E-state index is 12.2. The van der Waals surface area contributed by atoms with E-state index in [1.54, 1.807) is 12.3 Å². The van der Waals surface area contributed by atoms with E-state index in [0.717, 1.165) is 32.8 Å². The fraction of sp³-hybridized carbons (Fsp3) is 0.350. The van der Waals surface area contributed by atoms with E-state index in [0.29, 0.717) is 23.7 Å². The van der Waals surface area contributed by atoms with Crippen molar-refractivity contribution in [2.75, 3.05) is 51.1 Å². The first kappa shape index (κ1) is 18.4. The number of hydrazone groups is 1. The number of aromatic nitrogens is 1. The van der Waals surface area contributed by atoms with E-state index < -0.39 is 0 Å². The zero-order valence-corrected chi connectivity index (χ0v) is 15.5. The Balaban J connectivity index is 1.49. The molecule has 4 rings (SSSR count). The minimum Gasteiger partial charge on any atom is -0.490 e. The van der Waals surface area contributed by atoms with Gasteiger partial charge in [0.2, 0.25) is 0 Å². The molecule has 0 radical (unpaired) electrons. The standard InChI is InChI=1S/C20H22N4O4/c25-18-15-28-20(22-24(18)16-5-2-1-3-6-16)19-17(7-4-8-21-19)27-14-11-23-9-12-26-13-10-23/h1-8H,9-15H2. The number of benzene rings is 1. The van der Waals surface area contributed by atoms with Crippen LogP contribution >= 0.6 is 0 Å². The summed E-state index contributed by atoms with van der Waals surface area (Å²) in [4.78, 5) is 18.9. The summed E-state index contributed by atoms with van der Waals surface area (Å²) in [6.07, 6.45) is 1.65. The fourth-order valence-electron chi connectivity index (χ4n) is 3.03. The van der Waals surface area contributed by atoms with E-state index in [2.05, 4.69) is 15.0 Å². The van der Waals surface area contributed by atoms with Gasteiger partial charge in [0.1, 0.15) is 6.61 Å². The summed E-state index contributed by atoms with van der Waals surface area (Å²) in [7, 11) is 0. The Bertz CT molecular complexity index is 837. The summed E-state index contributed by atoms with van der Waals surface area (Å²) in [6.45, 7) is 4.56. The second-order valence-electron chi connectivity index (χ2n) is 6.39. The second-order valence-corrected chi connectivity index (χ2v) is 6.39. The van der Waals surface area contributed by atoms with Gasteiger partial charge in [-0.2, -0.15) is 5.01 Å². The molecule has 2 aliphatic heterocycles. The number of carbonyl (C=O) groups excluding carboxylic acids is 1. The van der Waals surface area contributed by atoms with Gasteiger partial charge >= 0.3 is 0 Å². The molecule has 1 fully saturated rings. The third kappa shape index (κ3) is 4.29. The van der Waals surface area contributed by atoms with Crippen molar-refractivity contribution in [3.8, 4) is 5.75 Å². The molecule has 1 aromatic carbocycles. The number of para-hydroxylation sites is 1. The van der Waals surface area contributed by atoms with E-state index in [1.807, 2.05) is 36.4 Å². The highest BCUT2D eigenvalue weighted by molar-refractivity contribution is 6.04. The molecular formula is C20H22N4O4. The summed E-state index contributed by atoms with van der Waals surface area (Å²) < 4.78 is 16.9. The van der Waals surface area contributed by atoms with Gasteiger partial charge in [-0.1, -0.05) is 18.2 Å². The molecule has 146 valence electrons. The summed E-state index contributed by atoms with van der Waals surface area (Å²) >= 11 is 0. The molecular weight excluding hydrogens is 360 g/mol. The number of hydrogen-bond acceptors (Lipinski definition) is 7. The SMILES string of the molecule is O=C1COC(c2ncccc2OCCN2CCOCC2)=NN1c1ccccc1. The van der Waals surface area contributed by atoms with Crippen LogP contribution in [0.15, 0.2) is 53.8 Å². The Kier molecular flexibility index (Phi) is 5.79. The Morgan fingerprint density at radius 2 is 1.89 bits per heavy atom. The molecule has 0 N–H and O–H groups in total. The van der Waals surface area contributed by atoms with E-state index in [9.17, 15) is 4.79 Å². The minimum absolute atomic E-state index is 0.0997. The summed E-state index contributed by atoms with van der Waals surface area (Å²) in [6, 6.07) is 12.9. The van der Waals surface area contributed by atoms with E-state index in [-0.39, 0.29) is 18.4 Å². The van der Waals surface area contributed by atoms with Crippen LogP contribution in [0.1, 0.15) is 5.69 Å². The zero-order chi connectivity index (χ0) is 19.2. The molecule has 0 atom stereocenters. The largest absolute Gasteiger partial charge is 0.490 e. The van der Waals surface area contributed by atoms with E-state index in [1.165, 1.54) is 5.01 Å². The Morgan fingerprint density at radius 3 is 2.71 bits per heavy atom. The highest BCUT2D eigenvalue weighted by Crippen LogP contribution is 2.22. The van der Waals surface area contributed by atoms with E-state index in [4.69, 9.17) is 14.2 Å². The zero-order valence-electron chi connectivity index (χ0n) is 15.5. The molecule has 0 unspecified atom stereocenters. The third-order valence-corrected chi connectivity index (χ3v) is 4.50. The van der Waals surface area contributed by atoms with Crippen LogP contribution in [-0.2, 0) is 14.3 Å². The van der Waals surface area contributed by atoms with Crippen molar-refractivity contribution in [1.82, 2.24) is 9.88 Å². The number of amides is 1. The molecule has 2 aromatic rings. The third-order valence-electron chi connectivity index (χ3n) is 4.50. The van der Waals surface area contributed by atoms with Crippen LogP contribution in [0.4, 0.5) is 5.69 Å². The van der Waals surface area contributed by atoms with Gasteiger partial charge in [-0.25, -0.2) is 4.98 Å². The van der Waals surface area contributed by atoms with Crippen LogP contribution in [0, 0.1) is 0 Å². The number of ether oxygens (including phenoxy) is 3. The van der Waals surface area contributed by atoms with Crippen molar-refractivity contribution >= 4 is 17.5 Å². The van der Waals surface area contributed by atoms with E-state index >= 15 is 0 Å². The lowest BCUT2D eigenvalue weighted by Gasteiger charge is -2.26. The lowest BCUT2D eigenvalue weighted by atomic mass is 10.3. The second kappa shape index (κ2) is 8.81. The molecule has 8 heteroatoms. The molecule has 1 amide bonds. The predicted octanol–water partition coefficient (Wildman–Crippen LogP) is 1.52. The van der Waals surface area contributed by atoms with Gasteiger partial charge in [0.15, 0.2) is 18.1 Å². The number of nitrogens with zero attached hydrogens (tertiary/aromatic N) is 4. The topological polar surface area (TPSA) is 76.5 Å². The Labute approximate surface area is 163 Å². The minimum atomic E-state index is -0.235. The molecule has 1 saturated heterocycles. The molecule has 0 aliphatic carbocycles. The van der Waals surface area contributed by atoms with Crippen LogP contribution in [0.5, 0.6) is 5.75 Å². The van der Waals surface area contributed by atoms with Crippen molar-refractivity contribution in [1.29, 1.82) is 0 Å². The first-order valence-electron chi connectivity index (χ1n) is 9.29. The number of pyridine rings is 1. The molecule has 28 heavy (non-hydrogen) atoms. The van der Waals surface area contributed by atoms with Gasteiger partial charge in [-0.3, -0.25) is 9.69 Å². The lowest BCUT2D eigenvalue weighted by Crippen LogP contribution is -2.39. The van der Waals surface area contributed by atoms with Gasteiger partial charge in [0, 0.05) is 25.8 Å². The highest BCUT2D eigenvalue weighted by Gasteiger charge is 2.26. The predicted molar refractivity (Wildman–Crippen MR) is 103 cm³/mol. The number of anilines is 1. The summed E-state index contributed by atoms with van der Waals surface area (Å²) in [5, 5.41) is 5.71. The maximum Gasteiger partial charge on any atom is 0.285 e. The molecule has 8 nitrogen and oxygen atoms in total. The van der Waals surface area contributed by atoms with Gasteiger partial charge in [0.25, 0.3) is 11.8 Å². The average Bonchev–Trinajstić information content (AvgIpc) is 2.76. The maximum absolute atomic E-state index is 12.2. The monoisotopic (exact) mass is 382 g/mol. The smallest absolute Gasteiger partial charge is 0.285 e. The van der Waals surface area contributed by atoms with Gasteiger partial charge in [0.05, 0.1) is 18.9 Å². The van der Waals surface area contributed by atoms with Crippen LogP contribution < -0.4 is 9.75 Å². The van der Waals surface area contributed by atoms with Crippen molar-refractivity contribution in [3.05, 3.63) is 54.4 Å². The number of hydrogen-bond donors (Lipinski definition) is 0. The average molecular weight is 382 g/mol. The van der Waals surface area contributed by atoms with Crippen molar-refractivity contribution < 1.29 is 19.0 Å². The van der Waals surface area contributed by atoms with Crippen LogP contribution in [0.25, 0.3) is 0 Å². The molecule has 2 aliphatic rings. The lowest BCUT2D eigenvalue weighted by molar-refractivity contribution is -0.121. The number of morpholine rings is 1. The molecule has 0 bridgehead atoms. The number of carbonyl (C=O) groups is 1. The highest BCUT2D eigenvalue weighted by atomic mass is 16.5. The number of rotatable bonds is 6. The van der Waals surface area contributed by atoms with Crippen LogP contribution in [-0.4, -0.2) is 67.8 Å². The summed E-state index contributed by atoms with van der Waals surface area (Å²) in [5.74, 6) is 0.614. The van der Waals surface area contributed by atoms with Crippen LogP contribution in [0.3, 0.4) is 0 Å². The van der Waals surface area contributed by atoms with Crippen molar-refractivity contribution in [2.24, 2.45) is 5.10 Å². The van der Waals surface area contributed by atoms with Gasteiger partial charge < -0.3 is 14.2 Å². The van der Waals surface area contributed by atoms with Crippen molar-refractivity contribution in [2.45, 2.75) is 0 Å². The first-order chi connectivity index (χ1) is 13.8. The van der Waals surface area contributed by atoms with Crippen molar-refractivity contribution in [3.63, 3.8) is 0 Å². The fourth-order valence-corrected chi connectivity index (χ4v) is 3.03. The molecule has 0 saturated carbocycles. The van der Waals surface area contributed by atoms with Crippen LogP contribution in [0.2, 0.25) is 0 Å². The first-order valence-corrected chi connectivity index (χ1v) is 9.29. The van der Waals surface area contributed by atoms with Gasteiger partial charge in [-0.15, -0.1) is 5.10 Å². The summed E-state index contributed by atoms with van der Waals surface area (Å²) in [5.41, 5.74) is 1.16. The normalized spacial score (nSPS) is 17.8. The Hall–Kier alpha value is -2.97. The molecule has 1 aromatic heterocycles. The Morgan fingerprint density at radius 1 is 1.07 bits per heavy atom. The molecule has 0 spiro atoms. The van der Waals surface area contributed by atoms with Gasteiger partial charge in [-0.05, 0) is 24.3 Å².